The molecule has 12 heteroatoms. The lowest BCUT2D eigenvalue weighted by molar-refractivity contribution is -0.119. The number of allylic oxidation sites excluding steroid dienone is 4. The Bertz CT molecular complexity index is 1280. The number of ketones is 1. The minimum atomic E-state index is -0.993. The second-order valence-corrected chi connectivity index (χ2v) is 11.0. The smallest absolute Gasteiger partial charge is 0.405 e. The van der Waals surface area contributed by atoms with Crippen LogP contribution in [-0.2, 0) is 33.4 Å². The van der Waals surface area contributed by atoms with Gasteiger partial charge in [-0.05, 0) is 51.2 Å². The number of hydrogen-bond acceptors (Lipinski definition) is 10. The van der Waals surface area contributed by atoms with E-state index in [1.54, 1.807) is 39.0 Å². The predicted molar refractivity (Wildman–Crippen MR) is 170 cm³/mol. The number of rotatable bonds is 8. The van der Waals surface area contributed by atoms with Crippen molar-refractivity contribution in [3.8, 4) is 0 Å². The van der Waals surface area contributed by atoms with Crippen LogP contribution in [0.5, 0.6) is 0 Å². The van der Waals surface area contributed by atoms with Crippen molar-refractivity contribution >= 4 is 23.5 Å². The summed E-state index contributed by atoms with van der Waals surface area (Å²) < 4.78 is 22.6. The molecule has 1 heterocycles. The Kier molecular flexibility index (Phi) is 14.9. The van der Waals surface area contributed by atoms with Gasteiger partial charge in [0.1, 0.15) is 18.4 Å². The molecule has 2 aliphatic rings. The molecule has 0 aromatic heterocycles. The molecule has 0 unspecified atom stereocenters. The molecule has 2 bridgehead atoms. The van der Waals surface area contributed by atoms with E-state index in [1.807, 2.05) is 13.8 Å². The number of primary amides is 1. The third-order valence-corrected chi connectivity index (χ3v) is 7.40. The van der Waals surface area contributed by atoms with Crippen molar-refractivity contribution in [3.05, 3.63) is 71.2 Å². The third-order valence-electron chi connectivity index (χ3n) is 7.40. The summed E-state index contributed by atoms with van der Waals surface area (Å²) in [5, 5.41) is 18.2. The molecule has 12 nitrogen and oxygen atoms in total. The fourth-order valence-electron chi connectivity index (χ4n) is 5.10. The van der Waals surface area contributed by atoms with Crippen LogP contribution in [-0.4, -0.2) is 80.5 Å². The molecular formula is C33H47N3O9. The van der Waals surface area contributed by atoms with Crippen LogP contribution in [0.1, 0.15) is 47.5 Å². The van der Waals surface area contributed by atoms with Gasteiger partial charge in [0.25, 0.3) is 5.91 Å². The summed E-state index contributed by atoms with van der Waals surface area (Å²) in [4.78, 5) is 44.1. The summed E-state index contributed by atoms with van der Waals surface area (Å²) in [6.45, 7) is 12.9. The van der Waals surface area contributed by atoms with Gasteiger partial charge in [-0.3, -0.25) is 9.59 Å². The summed E-state index contributed by atoms with van der Waals surface area (Å²) in [6, 6.07) is 0. The maximum Gasteiger partial charge on any atom is 0.405 e. The van der Waals surface area contributed by atoms with E-state index < -0.39 is 48.1 Å². The van der Waals surface area contributed by atoms with Crippen molar-refractivity contribution in [1.82, 2.24) is 5.32 Å². The summed E-state index contributed by atoms with van der Waals surface area (Å²) >= 11 is 0. The minimum absolute atomic E-state index is 0.00251. The van der Waals surface area contributed by atoms with Crippen molar-refractivity contribution in [2.45, 2.75) is 71.9 Å². The van der Waals surface area contributed by atoms with E-state index in [1.165, 1.54) is 32.4 Å². The number of nitrogens with zero attached hydrogens (tertiary/aromatic N) is 1. The van der Waals surface area contributed by atoms with Gasteiger partial charge >= 0.3 is 6.09 Å². The first kappa shape index (κ1) is 37.2. The molecule has 0 saturated heterocycles. The molecule has 1 aliphatic carbocycles. The van der Waals surface area contributed by atoms with Gasteiger partial charge in [-0.1, -0.05) is 56.0 Å². The SMILES string of the molecule is C=CCO/N=C1\C=C2NC(=O)/C(C)=C/C=C\[C@H](OC)[C@@H](OC(N)=O)/C(C)=C/[C@H](C)[C@@H](O)[C@@H](OC)C[C@H](C)CC(=C1OCC)C2=O. The van der Waals surface area contributed by atoms with E-state index in [4.69, 9.17) is 29.5 Å². The van der Waals surface area contributed by atoms with E-state index in [9.17, 15) is 19.5 Å². The molecule has 1 aliphatic heterocycles. The lowest BCUT2D eigenvalue weighted by Crippen LogP contribution is -2.37. The molecule has 0 aromatic rings. The highest BCUT2D eigenvalue weighted by Crippen LogP contribution is 2.30. The van der Waals surface area contributed by atoms with Crippen molar-refractivity contribution in [1.29, 1.82) is 0 Å². The number of amides is 2. The first-order chi connectivity index (χ1) is 21.4. The van der Waals surface area contributed by atoms with Gasteiger partial charge in [-0.25, -0.2) is 4.79 Å². The van der Waals surface area contributed by atoms with Gasteiger partial charge in [-0.15, -0.1) is 0 Å². The molecule has 0 saturated carbocycles. The maximum absolute atomic E-state index is 13.8. The number of aliphatic hydroxyl groups is 1. The van der Waals surface area contributed by atoms with E-state index >= 15 is 0 Å². The Balaban J connectivity index is 2.70. The molecule has 0 fully saturated rings. The number of hydrogen-bond donors (Lipinski definition) is 3. The number of carbonyl (C=O) groups is 3. The Morgan fingerprint density at radius 2 is 1.93 bits per heavy atom. The Hall–Kier alpha value is -4.00. The second kappa shape index (κ2) is 18.1. The Morgan fingerprint density at radius 3 is 2.53 bits per heavy atom. The van der Waals surface area contributed by atoms with Crippen LogP contribution in [0.4, 0.5) is 4.79 Å². The summed E-state index contributed by atoms with van der Waals surface area (Å²) in [6.07, 6.45) is 5.82. The quantitative estimate of drug-likeness (QED) is 0.157. The van der Waals surface area contributed by atoms with Crippen LogP contribution in [0, 0.1) is 11.8 Å². The fourth-order valence-corrected chi connectivity index (χ4v) is 5.10. The molecule has 6 atom stereocenters. The van der Waals surface area contributed by atoms with Gasteiger partial charge in [-0.2, -0.15) is 0 Å². The zero-order valence-electron chi connectivity index (χ0n) is 27.2. The topological polar surface area (TPSA) is 168 Å². The zero-order valence-corrected chi connectivity index (χ0v) is 27.2. The number of nitrogens with one attached hydrogen (secondary N) is 1. The van der Waals surface area contributed by atoms with E-state index in [-0.39, 0.29) is 48.3 Å². The lowest BCUT2D eigenvalue weighted by atomic mass is 9.85. The zero-order chi connectivity index (χ0) is 33.7. The van der Waals surface area contributed by atoms with Crippen LogP contribution in [0.25, 0.3) is 0 Å². The minimum Gasteiger partial charge on any atom is -0.491 e. The number of nitrogens with two attached hydrogens (primary N) is 1. The first-order valence-electron chi connectivity index (χ1n) is 14.9. The van der Waals surface area contributed by atoms with Crippen LogP contribution in [0.15, 0.2) is 76.4 Å². The summed E-state index contributed by atoms with van der Waals surface area (Å²) in [5.74, 6) is -1.31. The second-order valence-electron chi connectivity index (χ2n) is 11.0. The summed E-state index contributed by atoms with van der Waals surface area (Å²) in [5.41, 5.74) is 6.80. The van der Waals surface area contributed by atoms with Crippen molar-refractivity contribution in [2.24, 2.45) is 22.7 Å². The molecule has 0 spiro atoms. The standard InChI is InChI=1S/C33H47N3O9/c1-9-14-44-36-25-18-24-29(38)23(31(25)43-10-2)15-19(3)16-27(42-8)28(37)21(5)17-22(6)30(45-33(34)40)26(41-7)13-11-12-20(4)32(39)35-24/h9,11-13,17-19,21,26-28,30,37H,1,10,14-16H2,2-8H3,(H2,34,40)(H,35,39)/b13-11-,20-12+,22-17+,36-25+/t19-,21+,26+,27+,28-,30+/m1/s1. The van der Waals surface area contributed by atoms with Gasteiger partial charge < -0.3 is 39.9 Å². The molecule has 2 rings (SSSR count). The van der Waals surface area contributed by atoms with Gasteiger partial charge in [0.2, 0.25) is 5.78 Å². The molecule has 45 heavy (non-hydrogen) atoms. The Morgan fingerprint density at radius 1 is 1.22 bits per heavy atom. The van der Waals surface area contributed by atoms with Gasteiger partial charge in [0.15, 0.2) is 11.9 Å². The fraction of sp³-hybridized carbons (Fsp3) is 0.515. The lowest BCUT2D eigenvalue weighted by Gasteiger charge is -2.30. The van der Waals surface area contributed by atoms with Crippen LogP contribution in [0.3, 0.4) is 0 Å². The monoisotopic (exact) mass is 629 g/mol. The highest BCUT2D eigenvalue weighted by atomic mass is 16.6. The first-order valence-corrected chi connectivity index (χ1v) is 14.9. The average molecular weight is 630 g/mol. The number of methoxy groups -OCH3 is 2. The molecule has 0 aromatic carbocycles. The van der Waals surface area contributed by atoms with Gasteiger partial charge in [0, 0.05) is 31.3 Å². The van der Waals surface area contributed by atoms with Crippen molar-refractivity contribution in [3.63, 3.8) is 0 Å². The maximum atomic E-state index is 13.8. The highest BCUT2D eigenvalue weighted by Gasteiger charge is 2.34. The molecule has 248 valence electrons. The van der Waals surface area contributed by atoms with Crippen LogP contribution < -0.4 is 11.1 Å². The normalized spacial score (nSPS) is 31.1. The number of oxime groups is 1. The summed E-state index contributed by atoms with van der Waals surface area (Å²) in [7, 11) is 2.95. The number of aliphatic hydroxyl groups excluding tert-OH is 1. The average Bonchev–Trinajstić information content (AvgIpc) is 2.99. The Labute approximate surface area is 265 Å². The number of ether oxygens (including phenoxy) is 4. The highest BCUT2D eigenvalue weighted by molar-refractivity contribution is 6.24. The van der Waals surface area contributed by atoms with Crippen LogP contribution in [0.2, 0.25) is 0 Å². The third kappa shape index (κ3) is 10.5. The van der Waals surface area contributed by atoms with Crippen LogP contribution >= 0.6 is 0 Å². The molecule has 0 radical (unpaired) electrons. The van der Waals surface area contributed by atoms with E-state index in [0.717, 1.165) is 0 Å². The molecule has 4 N–H and O–H groups in total. The number of fused-ring (bicyclic) bond motifs is 2. The number of carbonyl (C=O) groups excluding carboxylic acids is 3. The predicted octanol–water partition coefficient (Wildman–Crippen LogP) is 3.79. The number of Topliss-reactive ketones (excluding diaryl/α,β-unsaturated/α-hetero) is 1. The largest absolute Gasteiger partial charge is 0.491 e. The van der Waals surface area contributed by atoms with Gasteiger partial charge in [0.05, 0.1) is 24.5 Å². The van der Waals surface area contributed by atoms with E-state index in [0.29, 0.717) is 17.6 Å². The van der Waals surface area contributed by atoms with Crippen molar-refractivity contribution in [2.75, 3.05) is 27.4 Å². The molecular weight excluding hydrogens is 582 g/mol. The van der Waals surface area contributed by atoms with Crippen molar-refractivity contribution < 1.29 is 43.3 Å². The molecule has 2 amide bonds. The van der Waals surface area contributed by atoms with E-state index in [2.05, 4.69) is 17.1 Å².